The summed E-state index contributed by atoms with van der Waals surface area (Å²) in [4.78, 5) is 2.61. The third-order valence-electron chi connectivity index (χ3n) is 4.37. The SMILES string of the molecule is Cc1cc(CNC2CCN(C3CC3)C2)cc(C)c1F. The van der Waals surface area contributed by atoms with Crippen molar-refractivity contribution in [1.29, 1.82) is 0 Å². The third kappa shape index (κ3) is 2.98. The Morgan fingerprint density at radius 1 is 1.21 bits per heavy atom. The van der Waals surface area contributed by atoms with Crippen LogP contribution >= 0.6 is 0 Å². The Hall–Kier alpha value is -0.930. The van der Waals surface area contributed by atoms with Gasteiger partial charge in [0.15, 0.2) is 0 Å². The minimum Gasteiger partial charge on any atom is -0.309 e. The van der Waals surface area contributed by atoms with Gasteiger partial charge in [0.1, 0.15) is 5.82 Å². The number of nitrogens with one attached hydrogen (secondary N) is 1. The Labute approximate surface area is 115 Å². The smallest absolute Gasteiger partial charge is 0.129 e. The Morgan fingerprint density at radius 2 is 1.89 bits per heavy atom. The van der Waals surface area contributed by atoms with E-state index in [1.165, 1.54) is 37.9 Å². The molecule has 2 fully saturated rings. The molecule has 3 heteroatoms. The van der Waals surface area contributed by atoms with E-state index in [2.05, 4.69) is 10.2 Å². The first-order valence-electron chi connectivity index (χ1n) is 7.36. The number of benzene rings is 1. The molecule has 1 unspecified atom stereocenters. The van der Waals surface area contributed by atoms with Crippen molar-refractivity contribution in [3.05, 3.63) is 34.6 Å². The molecular weight excluding hydrogens is 239 g/mol. The molecule has 104 valence electrons. The fourth-order valence-electron chi connectivity index (χ4n) is 3.13. The maximum atomic E-state index is 13.6. The zero-order valence-corrected chi connectivity index (χ0v) is 11.9. The first-order valence-corrected chi connectivity index (χ1v) is 7.36. The highest BCUT2D eigenvalue weighted by Gasteiger charge is 2.33. The van der Waals surface area contributed by atoms with Gasteiger partial charge >= 0.3 is 0 Å². The summed E-state index contributed by atoms with van der Waals surface area (Å²) in [6.07, 6.45) is 4.03. The van der Waals surface area contributed by atoms with Crippen LogP contribution in [-0.4, -0.2) is 30.1 Å². The molecule has 0 radical (unpaired) electrons. The Morgan fingerprint density at radius 3 is 2.53 bits per heavy atom. The van der Waals surface area contributed by atoms with Crippen molar-refractivity contribution in [2.45, 2.75) is 51.7 Å². The van der Waals surface area contributed by atoms with Crippen molar-refractivity contribution in [2.75, 3.05) is 13.1 Å². The number of halogens is 1. The molecule has 1 aromatic rings. The fraction of sp³-hybridized carbons (Fsp3) is 0.625. The predicted octanol–water partition coefficient (Wildman–Crippen LogP) is 2.77. The standard InChI is InChI=1S/C16H23FN2/c1-11-7-13(8-12(2)16(11)17)9-18-14-5-6-19(10-14)15-3-4-15/h7-8,14-15,18H,3-6,9-10H2,1-2H3. The second-order valence-corrected chi connectivity index (χ2v) is 6.14. The normalized spacial score (nSPS) is 24.1. The van der Waals surface area contributed by atoms with Gasteiger partial charge in [-0.3, -0.25) is 4.90 Å². The summed E-state index contributed by atoms with van der Waals surface area (Å²) in [5.41, 5.74) is 2.70. The van der Waals surface area contributed by atoms with E-state index in [0.717, 1.165) is 23.7 Å². The van der Waals surface area contributed by atoms with E-state index in [-0.39, 0.29) is 5.82 Å². The van der Waals surface area contributed by atoms with Crippen LogP contribution in [0.1, 0.15) is 36.0 Å². The van der Waals surface area contributed by atoms with Gasteiger partial charge in [0.05, 0.1) is 0 Å². The number of aryl methyl sites for hydroxylation is 2. The highest BCUT2D eigenvalue weighted by molar-refractivity contribution is 5.30. The van der Waals surface area contributed by atoms with Gasteiger partial charge in [0.2, 0.25) is 0 Å². The van der Waals surface area contributed by atoms with Crippen LogP contribution in [0.5, 0.6) is 0 Å². The zero-order chi connectivity index (χ0) is 13.4. The van der Waals surface area contributed by atoms with Gasteiger partial charge < -0.3 is 5.32 Å². The molecule has 0 aromatic heterocycles. The monoisotopic (exact) mass is 262 g/mol. The highest BCUT2D eigenvalue weighted by Crippen LogP contribution is 2.29. The molecule has 1 atom stereocenters. The zero-order valence-electron chi connectivity index (χ0n) is 11.9. The molecule has 1 heterocycles. The van der Waals surface area contributed by atoms with Crippen LogP contribution in [0.3, 0.4) is 0 Å². The highest BCUT2D eigenvalue weighted by atomic mass is 19.1. The first kappa shape index (κ1) is 13.1. The molecule has 1 aromatic carbocycles. The molecule has 3 rings (SSSR count). The van der Waals surface area contributed by atoms with Crippen LogP contribution < -0.4 is 5.32 Å². The topological polar surface area (TPSA) is 15.3 Å². The molecule has 19 heavy (non-hydrogen) atoms. The van der Waals surface area contributed by atoms with Crippen molar-refractivity contribution >= 4 is 0 Å². The molecule has 2 aliphatic rings. The van der Waals surface area contributed by atoms with Crippen molar-refractivity contribution in [1.82, 2.24) is 10.2 Å². The van der Waals surface area contributed by atoms with E-state index in [1.807, 2.05) is 26.0 Å². The van der Waals surface area contributed by atoms with Crippen LogP contribution in [0.4, 0.5) is 4.39 Å². The number of likely N-dealkylation sites (tertiary alicyclic amines) is 1. The Kier molecular flexibility index (Phi) is 3.59. The lowest BCUT2D eigenvalue weighted by molar-refractivity contribution is 0.317. The molecular formula is C16H23FN2. The van der Waals surface area contributed by atoms with E-state index in [1.54, 1.807) is 0 Å². The Bertz CT molecular complexity index is 445. The minimum atomic E-state index is -0.0653. The molecule has 1 saturated carbocycles. The molecule has 2 nitrogen and oxygen atoms in total. The van der Waals surface area contributed by atoms with Crippen LogP contribution in [0.15, 0.2) is 12.1 Å². The van der Waals surface area contributed by atoms with Gasteiger partial charge in [0.25, 0.3) is 0 Å². The molecule has 1 N–H and O–H groups in total. The lowest BCUT2D eigenvalue weighted by Crippen LogP contribution is -2.32. The van der Waals surface area contributed by atoms with Gasteiger partial charge in [-0.1, -0.05) is 12.1 Å². The maximum absolute atomic E-state index is 13.6. The predicted molar refractivity (Wildman–Crippen MR) is 75.7 cm³/mol. The number of rotatable bonds is 4. The average Bonchev–Trinajstić information content (AvgIpc) is 3.13. The summed E-state index contributed by atoms with van der Waals surface area (Å²) >= 11 is 0. The lowest BCUT2D eigenvalue weighted by atomic mass is 10.1. The van der Waals surface area contributed by atoms with Crippen LogP contribution in [0.2, 0.25) is 0 Å². The van der Waals surface area contributed by atoms with Gasteiger partial charge in [0, 0.05) is 31.7 Å². The number of nitrogens with zero attached hydrogens (tertiary/aromatic N) is 1. The summed E-state index contributed by atoms with van der Waals surface area (Å²) in [5, 5.41) is 3.62. The summed E-state index contributed by atoms with van der Waals surface area (Å²) in [5.74, 6) is -0.0653. The number of hydrogen-bond donors (Lipinski definition) is 1. The van der Waals surface area contributed by atoms with E-state index in [4.69, 9.17) is 0 Å². The van der Waals surface area contributed by atoms with Gasteiger partial charge in [-0.15, -0.1) is 0 Å². The van der Waals surface area contributed by atoms with Crippen molar-refractivity contribution in [2.24, 2.45) is 0 Å². The first-order chi connectivity index (χ1) is 9.13. The lowest BCUT2D eigenvalue weighted by Gasteiger charge is -2.16. The van der Waals surface area contributed by atoms with Crippen molar-refractivity contribution in [3.8, 4) is 0 Å². The van der Waals surface area contributed by atoms with Crippen LogP contribution in [0, 0.1) is 19.7 Å². The van der Waals surface area contributed by atoms with Crippen LogP contribution in [0.25, 0.3) is 0 Å². The molecule has 0 spiro atoms. The Balaban J connectivity index is 1.54. The van der Waals surface area contributed by atoms with E-state index in [0.29, 0.717) is 6.04 Å². The number of hydrogen-bond acceptors (Lipinski definition) is 2. The maximum Gasteiger partial charge on any atom is 0.129 e. The summed E-state index contributed by atoms with van der Waals surface area (Å²) in [6, 6.07) is 5.40. The largest absolute Gasteiger partial charge is 0.309 e. The third-order valence-corrected chi connectivity index (χ3v) is 4.37. The van der Waals surface area contributed by atoms with Gasteiger partial charge in [-0.25, -0.2) is 4.39 Å². The quantitative estimate of drug-likeness (QED) is 0.897. The molecule has 0 amide bonds. The second kappa shape index (κ2) is 5.22. The van der Waals surface area contributed by atoms with E-state index < -0.39 is 0 Å². The van der Waals surface area contributed by atoms with Crippen LogP contribution in [-0.2, 0) is 6.54 Å². The summed E-state index contributed by atoms with van der Waals surface area (Å²) in [6.45, 7) is 6.96. The minimum absolute atomic E-state index is 0.0653. The van der Waals surface area contributed by atoms with Gasteiger partial charge in [-0.05, 0) is 49.8 Å². The molecule has 1 aliphatic heterocycles. The average molecular weight is 262 g/mol. The second-order valence-electron chi connectivity index (χ2n) is 6.14. The summed E-state index contributed by atoms with van der Waals surface area (Å²) < 4.78 is 13.6. The summed E-state index contributed by atoms with van der Waals surface area (Å²) in [7, 11) is 0. The van der Waals surface area contributed by atoms with Gasteiger partial charge in [-0.2, -0.15) is 0 Å². The molecule has 0 bridgehead atoms. The fourth-order valence-corrected chi connectivity index (χ4v) is 3.13. The molecule has 1 saturated heterocycles. The molecule has 1 aliphatic carbocycles. The van der Waals surface area contributed by atoms with Crippen molar-refractivity contribution in [3.63, 3.8) is 0 Å². The van der Waals surface area contributed by atoms with E-state index >= 15 is 0 Å². The van der Waals surface area contributed by atoms with Crippen molar-refractivity contribution < 1.29 is 4.39 Å². The van der Waals surface area contributed by atoms with E-state index in [9.17, 15) is 4.39 Å².